The minimum absolute atomic E-state index is 0.485. The predicted octanol–water partition coefficient (Wildman–Crippen LogP) is 2.78. The highest BCUT2D eigenvalue weighted by Gasteiger charge is 2.30. The lowest BCUT2D eigenvalue weighted by Gasteiger charge is -2.24. The third-order valence-electron chi connectivity index (χ3n) is 5.53. The van der Waals surface area contributed by atoms with Crippen LogP contribution in [0.2, 0.25) is 0 Å². The Balaban J connectivity index is 1.30. The van der Waals surface area contributed by atoms with Gasteiger partial charge in [0.1, 0.15) is 5.65 Å². The van der Waals surface area contributed by atoms with Crippen molar-refractivity contribution >= 4 is 27.5 Å². The van der Waals surface area contributed by atoms with Gasteiger partial charge in [-0.05, 0) is 47.3 Å². The molecule has 2 N–H and O–H groups in total. The number of aromatic nitrogens is 2. The minimum atomic E-state index is 0.485. The second kappa shape index (κ2) is 7.96. The first-order valence-electron chi connectivity index (χ1n) is 9.55. The van der Waals surface area contributed by atoms with Crippen LogP contribution in [0.4, 0.5) is 0 Å². The highest BCUT2D eigenvalue weighted by atomic mass is 79.9. The van der Waals surface area contributed by atoms with Gasteiger partial charge < -0.3 is 15.0 Å². The highest BCUT2D eigenvalue weighted by molar-refractivity contribution is 9.10. The molecular formula is C19H27BrN6. The van der Waals surface area contributed by atoms with Crippen LogP contribution in [0.25, 0.3) is 5.65 Å². The number of nitrogens with one attached hydrogen (secondary N) is 2. The number of nitrogens with zero attached hydrogens (tertiary/aromatic N) is 4. The molecule has 2 aromatic heterocycles. The van der Waals surface area contributed by atoms with Crippen LogP contribution in [-0.4, -0.2) is 52.5 Å². The van der Waals surface area contributed by atoms with Gasteiger partial charge in [-0.25, -0.2) is 4.98 Å². The Labute approximate surface area is 163 Å². The van der Waals surface area contributed by atoms with Crippen molar-refractivity contribution in [2.75, 3.05) is 20.1 Å². The van der Waals surface area contributed by atoms with Gasteiger partial charge in [0, 0.05) is 49.1 Å². The van der Waals surface area contributed by atoms with Crippen molar-refractivity contribution in [2.45, 2.75) is 50.7 Å². The zero-order valence-corrected chi connectivity index (χ0v) is 16.9. The van der Waals surface area contributed by atoms with E-state index in [1.165, 1.54) is 38.6 Å². The van der Waals surface area contributed by atoms with Crippen LogP contribution in [0, 0.1) is 0 Å². The number of imidazole rings is 1. The van der Waals surface area contributed by atoms with Crippen LogP contribution in [-0.2, 0) is 6.54 Å². The molecule has 0 aromatic carbocycles. The van der Waals surface area contributed by atoms with E-state index in [2.05, 4.69) is 47.6 Å². The fraction of sp³-hybridized carbons (Fsp3) is 0.579. The van der Waals surface area contributed by atoms with Gasteiger partial charge in [-0.15, -0.1) is 0 Å². The summed E-state index contributed by atoms with van der Waals surface area (Å²) in [5, 5.41) is 6.99. The first-order valence-corrected chi connectivity index (χ1v) is 10.3. The molecule has 2 aromatic rings. The number of aliphatic imine (C=N–C) groups is 1. The Bertz CT molecular complexity index is 779. The van der Waals surface area contributed by atoms with Crippen molar-refractivity contribution < 1.29 is 0 Å². The standard InChI is InChI=1S/C19H27BrN6/c1-21-19(24-15-8-9-25(12-15)17-4-2-3-5-17)22-10-16-13-26-11-14(20)6-7-18(26)23-16/h6-7,11,13,15,17H,2-5,8-10,12H2,1H3,(H2,21,22,24). The van der Waals surface area contributed by atoms with Crippen molar-refractivity contribution in [1.82, 2.24) is 24.9 Å². The van der Waals surface area contributed by atoms with Crippen molar-refractivity contribution in [3.63, 3.8) is 0 Å². The summed E-state index contributed by atoms with van der Waals surface area (Å²) in [6.07, 6.45) is 10.8. The van der Waals surface area contributed by atoms with Gasteiger partial charge in [-0.2, -0.15) is 0 Å². The number of hydrogen-bond donors (Lipinski definition) is 2. The molecule has 1 atom stereocenters. The molecule has 7 heteroatoms. The highest BCUT2D eigenvalue weighted by Crippen LogP contribution is 2.26. The zero-order chi connectivity index (χ0) is 17.9. The number of fused-ring (bicyclic) bond motifs is 1. The van der Waals surface area contributed by atoms with E-state index >= 15 is 0 Å². The third kappa shape index (κ3) is 4.04. The molecule has 0 bridgehead atoms. The molecule has 26 heavy (non-hydrogen) atoms. The summed E-state index contributed by atoms with van der Waals surface area (Å²) in [6.45, 7) is 3.01. The van der Waals surface area contributed by atoms with E-state index in [4.69, 9.17) is 0 Å². The van der Waals surface area contributed by atoms with E-state index in [9.17, 15) is 0 Å². The lowest BCUT2D eigenvalue weighted by molar-refractivity contribution is 0.242. The van der Waals surface area contributed by atoms with Gasteiger partial charge in [0.05, 0.1) is 12.2 Å². The summed E-state index contributed by atoms with van der Waals surface area (Å²) in [6, 6.07) is 5.32. The first kappa shape index (κ1) is 17.8. The molecule has 3 heterocycles. The molecule has 6 nitrogen and oxygen atoms in total. The quantitative estimate of drug-likeness (QED) is 0.591. The van der Waals surface area contributed by atoms with Gasteiger partial charge in [0.15, 0.2) is 5.96 Å². The van der Waals surface area contributed by atoms with Gasteiger partial charge >= 0.3 is 0 Å². The average Bonchev–Trinajstić information content (AvgIpc) is 3.37. The maximum atomic E-state index is 4.64. The number of pyridine rings is 1. The van der Waals surface area contributed by atoms with E-state index in [0.29, 0.717) is 12.6 Å². The third-order valence-corrected chi connectivity index (χ3v) is 6.00. The maximum absolute atomic E-state index is 4.64. The molecule has 0 radical (unpaired) electrons. The first-order chi connectivity index (χ1) is 12.7. The Morgan fingerprint density at radius 1 is 1.27 bits per heavy atom. The maximum Gasteiger partial charge on any atom is 0.191 e. The fourth-order valence-corrected chi connectivity index (χ4v) is 4.52. The summed E-state index contributed by atoms with van der Waals surface area (Å²) in [4.78, 5) is 11.7. The SMILES string of the molecule is CN=C(NCc1cn2cc(Br)ccc2n1)NC1CCN(C2CCCC2)C1. The van der Waals surface area contributed by atoms with Gasteiger partial charge in [-0.1, -0.05) is 12.8 Å². The number of hydrogen-bond acceptors (Lipinski definition) is 3. The second-order valence-corrected chi connectivity index (χ2v) is 8.25. The number of halogens is 1. The van der Waals surface area contributed by atoms with E-state index in [0.717, 1.165) is 34.4 Å². The van der Waals surface area contributed by atoms with Crippen molar-refractivity contribution in [3.05, 3.63) is 34.7 Å². The van der Waals surface area contributed by atoms with Crippen LogP contribution >= 0.6 is 15.9 Å². The zero-order valence-electron chi connectivity index (χ0n) is 15.3. The van der Waals surface area contributed by atoms with Gasteiger partial charge in [0.25, 0.3) is 0 Å². The molecular weight excluding hydrogens is 392 g/mol. The Kier molecular flexibility index (Phi) is 5.45. The van der Waals surface area contributed by atoms with Crippen LogP contribution in [0.1, 0.15) is 37.8 Å². The molecule has 1 saturated carbocycles. The molecule has 0 amide bonds. The average molecular weight is 419 g/mol. The molecule has 1 unspecified atom stereocenters. The molecule has 0 spiro atoms. The molecule has 4 rings (SSSR count). The van der Waals surface area contributed by atoms with Crippen LogP contribution in [0.3, 0.4) is 0 Å². The molecule has 140 valence electrons. The fourth-order valence-electron chi connectivity index (χ4n) is 4.17. The monoisotopic (exact) mass is 418 g/mol. The van der Waals surface area contributed by atoms with Gasteiger partial charge in [-0.3, -0.25) is 9.89 Å². The molecule has 2 aliphatic rings. The largest absolute Gasteiger partial charge is 0.352 e. The summed E-state index contributed by atoms with van der Waals surface area (Å²) in [5.74, 6) is 0.863. The summed E-state index contributed by atoms with van der Waals surface area (Å²) >= 11 is 3.50. The molecule has 2 fully saturated rings. The van der Waals surface area contributed by atoms with E-state index in [1.807, 2.05) is 29.8 Å². The van der Waals surface area contributed by atoms with Crippen molar-refractivity contribution in [1.29, 1.82) is 0 Å². The molecule has 1 aliphatic carbocycles. The van der Waals surface area contributed by atoms with Crippen LogP contribution < -0.4 is 10.6 Å². The molecule has 1 aliphatic heterocycles. The Hall–Kier alpha value is -1.60. The number of likely N-dealkylation sites (tertiary alicyclic amines) is 1. The number of rotatable bonds is 4. The van der Waals surface area contributed by atoms with Gasteiger partial charge in [0.2, 0.25) is 0 Å². The van der Waals surface area contributed by atoms with Crippen LogP contribution in [0.5, 0.6) is 0 Å². The predicted molar refractivity (Wildman–Crippen MR) is 108 cm³/mol. The topological polar surface area (TPSA) is 57.0 Å². The lowest BCUT2D eigenvalue weighted by atomic mass is 10.2. The minimum Gasteiger partial charge on any atom is -0.352 e. The normalized spacial score (nSPS) is 22.4. The smallest absolute Gasteiger partial charge is 0.191 e. The van der Waals surface area contributed by atoms with E-state index in [-0.39, 0.29) is 0 Å². The lowest BCUT2D eigenvalue weighted by Crippen LogP contribution is -2.45. The molecule has 1 saturated heterocycles. The van der Waals surface area contributed by atoms with Crippen molar-refractivity contribution in [2.24, 2.45) is 4.99 Å². The second-order valence-electron chi connectivity index (χ2n) is 7.33. The van der Waals surface area contributed by atoms with E-state index in [1.54, 1.807) is 0 Å². The number of guanidine groups is 1. The Morgan fingerprint density at radius 3 is 2.92 bits per heavy atom. The summed E-state index contributed by atoms with van der Waals surface area (Å²) < 4.78 is 3.08. The van der Waals surface area contributed by atoms with Crippen LogP contribution in [0.15, 0.2) is 34.0 Å². The summed E-state index contributed by atoms with van der Waals surface area (Å²) in [5.41, 5.74) is 1.96. The van der Waals surface area contributed by atoms with E-state index < -0.39 is 0 Å². The van der Waals surface area contributed by atoms with Crippen molar-refractivity contribution in [3.8, 4) is 0 Å². The summed E-state index contributed by atoms with van der Waals surface area (Å²) in [7, 11) is 1.83. The Morgan fingerprint density at radius 2 is 2.12 bits per heavy atom.